The minimum atomic E-state index is 0.0933. The number of hydrogen-bond donors (Lipinski definition) is 1. The van der Waals surface area contributed by atoms with E-state index in [2.05, 4.69) is 20.2 Å². The van der Waals surface area contributed by atoms with Gasteiger partial charge < -0.3 is 4.74 Å². The van der Waals surface area contributed by atoms with E-state index < -0.39 is 0 Å². The van der Waals surface area contributed by atoms with Crippen molar-refractivity contribution < 1.29 is 4.74 Å². The van der Waals surface area contributed by atoms with Gasteiger partial charge in [0.25, 0.3) is 0 Å². The van der Waals surface area contributed by atoms with Crippen molar-refractivity contribution in [1.29, 1.82) is 0 Å². The molecule has 1 aromatic carbocycles. The van der Waals surface area contributed by atoms with Crippen molar-refractivity contribution in [2.24, 2.45) is 0 Å². The molecule has 18 heavy (non-hydrogen) atoms. The largest absolute Gasteiger partial charge is 0.438 e. The van der Waals surface area contributed by atoms with Gasteiger partial charge in [0, 0.05) is 5.02 Å². The van der Waals surface area contributed by atoms with E-state index in [1.54, 1.807) is 30.5 Å². The normalized spacial score (nSPS) is 10.8. The molecular weight excluding hydrogens is 275 g/mol. The summed E-state index contributed by atoms with van der Waals surface area (Å²) in [5.74, 6) is 0.956. The van der Waals surface area contributed by atoms with Crippen molar-refractivity contribution in [3.63, 3.8) is 0 Å². The van der Waals surface area contributed by atoms with Crippen LogP contribution in [0.25, 0.3) is 11.0 Å². The summed E-state index contributed by atoms with van der Waals surface area (Å²) in [6.45, 7) is 0. The lowest BCUT2D eigenvalue weighted by molar-refractivity contribution is 0.468. The molecule has 0 spiro atoms. The highest BCUT2D eigenvalue weighted by Crippen LogP contribution is 2.27. The molecule has 0 aliphatic rings. The number of nitrogens with zero attached hydrogens (tertiary/aromatic N) is 3. The standard InChI is InChI=1S/C11H6Cl2N4O/c12-6-1-3-7(4-2-6)18-10-8-5-14-17-9(8)15-11(13)16-10/h1-5H,(H,14,15,16,17). The monoisotopic (exact) mass is 280 g/mol. The maximum absolute atomic E-state index is 5.80. The lowest BCUT2D eigenvalue weighted by atomic mass is 10.3. The van der Waals surface area contributed by atoms with Crippen molar-refractivity contribution in [1.82, 2.24) is 20.2 Å². The molecule has 2 heterocycles. The van der Waals surface area contributed by atoms with Crippen LogP contribution >= 0.6 is 23.2 Å². The van der Waals surface area contributed by atoms with Crippen LogP contribution in [0.5, 0.6) is 11.6 Å². The average molecular weight is 281 g/mol. The van der Waals surface area contributed by atoms with Crippen molar-refractivity contribution in [2.45, 2.75) is 0 Å². The van der Waals surface area contributed by atoms with Gasteiger partial charge in [-0.2, -0.15) is 15.1 Å². The van der Waals surface area contributed by atoms with Crippen molar-refractivity contribution in [2.75, 3.05) is 0 Å². The Balaban J connectivity index is 2.03. The molecule has 0 saturated carbocycles. The van der Waals surface area contributed by atoms with Crippen LogP contribution < -0.4 is 4.74 Å². The zero-order chi connectivity index (χ0) is 12.5. The Morgan fingerprint density at radius 2 is 1.83 bits per heavy atom. The summed E-state index contributed by atoms with van der Waals surface area (Å²) in [4.78, 5) is 8.02. The first-order valence-corrected chi connectivity index (χ1v) is 5.78. The Bertz CT molecular complexity index is 696. The van der Waals surface area contributed by atoms with E-state index in [9.17, 15) is 0 Å². The number of nitrogens with one attached hydrogen (secondary N) is 1. The molecule has 2 aromatic heterocycles. The number of H-pyrrole nitrogens is 1. The van der Waals surface area contributed by atoms with Gasteiger partial charge in [-0.3, -0.25) is 5.10 Å². The predicted molar refractivity (Wildman–Crippen MR) is 68.2 cm³/mol. The summed E-state index contributed by atoms with van der Waals surface area (Å²) in [6, 6.07) is 6.94. The van der Waals surface area contributed by atoms with E-state index in [-0.39, 0.29) is 5.28 Å². The van der Waals surface area contributed by atoms with Gasteiger partial charge in [-0.25, -0.2) is 0 Å². The van der Waals surface area contributed by atoms with Crippen LogP contribution in [0.1, 0.15) is 0 Å². The summed E-state index contributed by atoms with van der Waals surface area (Å²) < 4.78 is 5.63. The second-order valence-electron chi connectivity index (χ2n) is 3.49. The van der Waals surface area contributed by atoms with Gasteiger partial charge in [-0.05, 0) is 35.9 Å². The molecule has 0 bridgehead atoms. The van der Waals surface area contributed by atoms with Gasteiger partial charge in [-0.15, -0.1) is 0 Å². The van der Waals surface area contributed by atoms with E-state index in [1.807, 2.05) is 0 Å². The highest BCUT2D eigenvalue weighted by molar-refractivity contribution is 6.30. The summed E-state index contributed by atoms with van der Waals surface area (Å²) in [6.07, 6.45) is 1.58. The zero-order valence-corrected chi connectivity index (χ0v) is 10.4. The number of aromatic nitrogens is 4. The third-order valence-electron chi connectivity index (χ3n) is 2.28. The molecule has 3 rings (SSSR count). The summed E-state index contributed by atoms with van der Waals surface area (Å²) in [5, 5.41) is 7.97. The SMILES string of the molecule is Clc1ccc(Oc2nc(Cl)nc3[nH]ncc23)cc1. The Labute approximate surface area is 112 Å². The number of rotatable bonds is 2. The first kappa shape index (κ1) is 11.3. The fourth-order valence-corrected chi connectivity index (χ4v) is 1.76. The molecule has 90 valence electrons. The molecule has 5 nitrogen and oxygen atoms in total. The van der Waals surface area contributed by atoms with Gasteiger partial charge in [0.1, 0.15) is 11.1 Å². The van der Waals surface area contributed by atoms with Gasteiger partial charge in [0.2, 0.25) is 11.2 Å². The topological polar surface area (TPSA) is 63.7 Å². The molecule has 0 unspecified atom stereocenters. The molecule has 7 heteroatoms. The average Bonchev–Trinajstić information content (AvgIpc) is 2.80. The van der Waals surface area contributed by atoms with E-state index >= 15 is 0 Å². The van der Waals surface area contributed by atoms with E-state index in [0.717, 1.165) is 0 Å². The Morgan fingerprint density at radius 3 is 2.61 bits per heavy atom. The highest BCUT2D eigenvalue weighted by atomic mass is 35.5. The highest BCUT2D eigenvalue weighted by Gasteiger charge is 2.10. The van der Waals surface area contributed by atoms with Crippen molar-refractivity contribution in [3.05, 3.63) is 40.8 Å². The second-order valence-corrected chi connectivity index (χ2v) is 4.26. The van der Waals surface area contributed by atoms with Gasteiger partial charge in [0.05, 0.1) is 6.20 Å². The number of aromatic amines is 1. The zero-order valence-electron chi connectivity index (χ0n) is 8.89. The van der Waals surface area contributed by atoms with Gasteiger partial charge >= 0.3 is 0 Å². The quantitative estimate of drug-likeness (QED) is 0.731. The Kier molecular flexibility index (Phi) is 2.77. The fourth-order valence-electron chi connectivity index (χ4n) is 1.47. The molecule has 0 saturated heterocycles. The van der Waals surface area contributed by atoms with E-state index in [4.69, 9.17) is 27.9 Å². The number of benzene rings is 1. The van der Waals surface area contributed by atoms with E-state index in [0.29, 0.717) is 27.7 Å². The van der Waals surface area contributed by atoms with Crippen molar-refractivity contribution in [3.8, 4) is 11.6 Å². The van der Waals surface area contributed by atoms with Gasteiger partial charge in [-0.1, -0.05) is 11.6 Å². The number of halogens is 2. The molecule has 0 radical (unpaired) electrons. The van der Waals surface area contributed by atoms with Crippen LogP contribution in [-0.2, 0) is 0 Å². The Morgan fingerprint density at radius 1 is 1.06 bits per heavy atom. The van der Waals surface area contributed by atoms with Crippen molar-refractivity contribution >= 4 is 34.2 Å². The molecule has 0 fully saturated rings. The first-order chi connectivity index (χ1) is 8.72. The number of fused-ring (bicyclic) bond motifs is 1. The Hall–Kier alpha value is -1.85. The molecule has 0 atom stereocenters. The predicted octanol–water partition coefficient (Wildman–Crippen LogP) is 3.45. The molecule has 0 amide bonds. The fraction of sp³-hybridized carbons (Fsp3) is 0. The minimum absolute atomic E-state index is 0.0933. The second kappa shape index (κ2) is 4.44. The van der Waals surface area contributed by atoms with Crippen LogP contribution in [0.15, 0.2) is 30.5 Å². The number of hydrogen-bond acceptors (Lipinski definition) is 4. The molecular formula is C11H6Cl2N4O. The maximum atomic E-state index is 5.80. The molecule has 0 aliphatic carbocycles. The molecule has 3 aromatic rings. The summed E-state index contributed by atoms with van der Waals surface area (Å²) in [5.41, 5.74) is 0.527. The van der Waals surface area contributed by atoms with Gasteiger partial charge in [0.15, 0.2) is 5.65 Å². The van der Waals surface area contributed by atoms with Crippen LogP contribution in [0.4, 0.5) is 0 Å². The number of ether oxygens (including phenoxy) is 1. The van der Waals surface area contributed by atoms with Crippen LogP contribution in [0, 0.1) is 0 Å². The minimum Gasteiger partial charge on any atom is -0.438 e. The lowest BCUT2D eigenvalue weighted by Gasteiger charge is -2.05. The lowest BCUT2D eigenvalue weighted by Crippen LogP contribution is -1.91. The summed E-state index contributed by atoms with van der Waals surface area (Å²) >= 11 is 11.6. The maximum Gasteiger partial charge on any atom is 0.234 e. The van der Waals surface area contributed by atoms with E-state index in [1.165, 1.54) is 0 Å². The van der Waals surface area contributed by atoms with Crippen LogP contribution in [0.2, 0.25) is 10.3 Å². The van der Waals surface area contributed by atoms with Crippen LogP contribution in [0.3, 0.4) is 0 Å². The first-order valence-electron chi connectivity index (χ1n) is 5.02. The smallest absolute Gasteiger partial charge is 0.234 e. The van der Waals surface area contributed by atoms with Crippen LogP contribution in [-0.4, -0.2) is 20.2 Å². The third kappa shape index (κ3) is 2.10. The third-order valence-corrected chi connectivity index (χ3v) is 2.70. The summed E-state index contributed by atoms with van der Waals surface area (Å²) in [7, 11) is 0. The molecule has 0 aliphatic heterocycles. The molecule has 1 N–H and O–H groups in total.